The highest BCUT2D eigenvalue weighted by molar-refractivity contribution is 5.89. The summed E-state index contributed by atoms with van der Waals surface area (Å²) in [6.45, 7) is -0.226. The molecule has 6 heteroatoms. The van der Waals surface area contributed by atoms with E-state index >= 15 is 0 Å². The number of aliphatic hydroxyl groups excluding tert-OH is 3. The maximum absolute atomic E-state index is 11.6. The van der Waals surface area contributed by atoms with Gasteiger partial charge >= 0.3 is 5.97 Å². The lowest BCUT2D eigenvalue weighted by Gasteiger charge is -2.36. The molecule has 1 heterocycles. The van der Waals surface area contributed by atoms with Gasteiger partial charge in [-0.2, -0.15) is 0 Å². The van der Waals surface area contributed by atoms with E-state index in [4.69, 9.17) is 9.47 Å². The van der Waals surface area contributed by atoms with Gasteiger partial charge in [0.25, 0.3) is 0 Å². The first-order chi connectivity index (χ1) is 13.5. The van der Waals surface area contributed by atoms with E-state index in [0.717, 1.165) is 0 Å². The maximum Gasteiger partial charge on any atom is 0.337 e. The molecule has 2 aromatic carbocycles. The molecule has 1 fully saturated rings. The summed E-state index contributed by atoms with van der Waals surface area (Å²) < 4.78 is 10.4. The molecule has 0 radical (unpaired) electrons. The van der Waals surface area contributed by atoms with E-state index in [2.05, 4.69) is 11.8 Å². The second-order valence-corrected chi connectivity index (χ2v) is 6.60. The van der Waals surface area contributed by atoms with Crippen LogP contribution in [0.2, 0.25) is 0 Å². The van der Waals surface area contributed by atoms with E-state index in [1.54, 1.807) is 42.5 Å². The van der Waals surface area contributed by atoms with Gasteiger partial charge in [-0.05, 0) is 35.9 Å². The average molecular weight is 382 g/mol. The molecule has 2 aromatic rings. The lowest BCUT2D eigenvalue weighted by atomic mass is 9.92. The van der Waals surface area contributed by atoms with Crippen LogP contribution in [-0.4, -0.2) is 53.3 Å². The Labute approximate surface area is 163 Å². The highest BCUT2D eigenvalue weighted by Gasteiger charge is 2.37. The summed E-state index contributed by atoms with van der Waals surface area (Å²) >= 11 is 0. The van der Waals surface area contributed by atoms with Crippen LogP contribution in [0.5, 0.6) is 0 Å². The first-order valence-electron chi connectivity index (χ1n) is 8.94. The number of esters is 1. The van der Waals surface area contributed by atoms with Gasteiger partial charge in [0.2, 0.25) is 0 Å². The molecule has 1 aliphatic rings. The summed E-state index contributed by atoms with van der Waals surface area (Å²) in [6.07, 6.45) is -3.14. The van der Waals surface area contributed by atoms with Crippen LogP contribution in [-0.2, 0) is 9.47 Å². The van der Waals surface area contributed by atoms with Crippen LogP contribution in [0.1, 0.15) is 39.6 Å². The molecule has 0 amide bonds. The van der Waals surface area contributed by atoms with Gasteiger partial charge in [-0.3, -0.25) is 0 Å². The number of hydrogen-bond acceptors (Lipinski definition) is 6. The molecule has 1 saturated heterocycles. The second kappa shape index (κ2) is 9.00. The van der Waals surface area contributed by atoms with Crippen LogP contribution in [0.25, 0.3) is 0 Å². The molecule has 6 nitrogen and oxygen atoms in total. The van der Waals surface area contributed by atoms with E-state index in [0.29, 0.717) is 22.3 Å². The lowest BCUT2D eigenvalue weighted by Crippen LogP contribution is -2.44. The molecule has 1 aliphatic heterocycles. The van der Waals surface area contributed by atoms with Crippen molar-refractivity contribution in [3.8, 4) is 11.8 Å². The van der Waals surface area contributed by atoms with Crippen molar-refractivity contribution in [2.24, 2.45) is 0 Å². The van der Waals surface area contributed by atoms with Crippen molar-refractivity contribution >= 4 is 5.97 Å². The Morgan fingerprint density at radius 3 is 2.50 bits per heavy atom. The molecule has 4 unspecified atom stereocenters. The van der Waals surface area contributed by atoms with E-state index in [9.17, 15) is 20.1 Å². The van der Waals surface area contributed by atoms with Crippen molar-refractivity contribution < 1.29 is 29.6 Å². The van der Waals surface area contributed by atoms with E-state index in [1.807, 2.05) is 6.07 Å². The molecule has 0 saturated carbocycles. The predicted molar refractivity (Wildman–Crippen MR) is 102 cm³/mol. The van der Waals surface area contributed by atoms with Gasteiger partial charge in [0.05, 0.1) is 31.5 Å². The van der Waals surface area contributed by atoms with Gasteiger partial charge < -0.3 is 24.8 Å². The zero-order chi connectivity index (χ0) is 20.1. The second-order valence-electron chi connectivity index (χ2n) is 6.60. The zero-order valence-corrected chi connectivity index (χ0v) is 15.4. The van der Waals surface area contributed by atoms with Gasteiger partial charge in [-0.15, -0.1) is 0 Å². The molecule has 146 valence electrons. The van der Waals surface area contributed by atoms with E-state index < -0.39 is 30.4 Å². The SMILES string of the molecule is COC(=O)c1cccc(C#Cc2cccc(C3OC(CO)CC(O)C3O)c2)c1. The van der Waals surface area contributed by atoms with Crippen molar-refractivity contribution in [2.75, 3.05) is 13.7 Å². The van der Waals surface area contributed by atoms with E-state index in [1.165, 1.54) is 7.11 Å². The highest BCUT2D eigenvalue weighted by Crippen LogP contribution is 2.32. The number of carbonyl (C=O) groups excluding carboxylic acids is 1. The van der Waals surface area contributed by atoms with Gasteiger partial charge in [-0.1, -0.05) is 30.0 Å². The quantitative estimate of drug-likeness (QED) is 0.549. The fourth-order valence-corrected chi connectivity index (χ4v) is 3.13. The van der Waals surface area contributed by atoms with Crippen LogP contribution < -0.4 is 0 Å². The molecule has 0 bridgehead atoms. The van der Waals surface area contributed by atoms with Gasteiger partial charge in [0.1, 0.15) is 12.2 Å². The molecular formula is C22H22O6. The minimum absolute atomic E-state index is 0.185. The summed E-state index contributed by atoms with van der Waals surface area (Å²) in [5.74, 6) is 5.60. The van der Waals surface area contributed by atoms with E-state index in [-0.39, 0.29) is 13.0 Å². The Bertz CT molecular complexity index is 897. The van der Waals surface area contributed by atoms with Crippen molar-refractivity contribution in [3.05, 3.63) is 70.8 Å². The summed E-state index contributed by atoms with van der Waals surface area (Å²) in [5.41, 5.74) is 2.45. The summed E-state index contributed by atoms with van der Waals surface area (Å²) in [4.78, 5) is 11.6. The summed E-state index contributed by atoms with van der Waals surface area (Å²) in [6, 6.07) is 14.0. The standard InChI is InChI=1S/C22H22O6/c1-27-22(26)17-7-3-5-15(11-17)9-8-14-4-2-6-16(10-14)21-20(25)19(24)12-18(13-23)28-21/h2-7,10-11,18-21,23-25H,12-13H2,1H3. The normalized spacial score (nSPS) is 24.1. The Kier molecular flexibility index (Phi) is 6.45. The van der Waals surface area contributed by atoms with Crippen molar-refractivity contribution in [3.63, 3.8) is 0 Å². The fourth-order valence-electron chi connectivity index (χ4n) is 3.13. The van der Waals surface area contributed by atoms with Gasteiger partial charge in [0.15, 0.2) is 0 Å². The molecule has 0 aromatic heterocycles. The smallest absolute Gasteiger partial charge is 0.337 e. The number of hydrogen-bond donors (Lipinski definition) is 3. The molecule has 4 atom stereocenters. The van der Waals surface area contributed by atoms with Crippen molar-refractivity contribution in [1.29, 1.82) is 0 Å². The van der Waals surface area contributed by atoms with Crippen LogP contribution in [0.4, 0.5) is 0 Å². The van der Waals surface area contributed by atoms with Gasteiger partial charge in [0, 0.05) is 17.5 Å². The zero-order valence-electron chi connectivity index (χ0n) is 15.4. The molecule has 0 spiro atoms. The summed E-state index contributed by atoms with van der Waals surface area (Å²) in [7, 11) is 1.33. The molecule has 0 aliphatic carbocycles. The molecule has 3 N–H and O–H groups in total. The number of ether oxygens (including phenoxy) is 2. The van der Waals surface area contributed by atoms with Crippen LogP contribution >= 0.6 is 0 Å². The fraction of sp³-hybridized carbons (Fsp3) is 0.318. The molecule has 3 rings (SSSR count). The Balaban J connectivity index is 1.83. The largest absolute Gasteiger partial charge is 0.465 e. The van der Waals surface area contributed by atoms with Crippen LogP contribution in [0.15, 0.2) is 48.5 Å². The Morgan fingerprint density at radius 2 is 1.82 bits per heavy atom. The third kappa shape index (κ3) is 4.58. The number of benzene rings is 2. The minimum atomic E-state index is -1.08. The van der Waals surface area contributed by atoms with Crippen LogP contribution in [0, 0.1) is 11.8 Å². The van der Waals surface area contributed by atoms with Crippen molar-refractivity contribution in [2.45, 2.75) is 30.8 Å². The number of methoxy groups -OCH3 is 1. The monoisotopic (exact) mass is 382 g/mol. The first-order valence-corrected chi connectivity index (χ1v) is 8.94. The lowest BCUT2D eigenvalue weighted by molar-refractivity contribution is -0.179. The highest BCUT2D eigenvalue weighted by atomic mass is 16.5. The maximum atomic E-state index is 11.6. The van der Waals surface area contributed by atoms with Crippen LogP contribution in [0.3, 0.4) is 0 Å². The number of rotatable bonds is 3. The Morgan fingerprint density at radius 1 is 1.14 bits per heavy atom. The van der Waals surface area contributed by atoms with Crippen molar-refractivity contribution in [1.82, 2.24) is 0 Å². The van der Waals surface area contributed by atoms with Gasteiger partial charge in [-0.25, -0.2) is 4.79 Å². The number of aliphatic hydroxyl groups is 3. The predicted octanol–water partition coefficient (Wildman–Crippen LogP) is 1.42. The molecular weight excluding hydrogens is 360 g/mol. The molecule has 28 heavy (non-hydrogen) atoms. The minimum Gasteiger partial charge on any atom is -0.465 e. The first kappa shape index (κ1) is 20.1. The topological polar surface area (TPSA) is 96.2 Å². The third-order valence-corrected chi connectivity index (χ3v) is 4.60. The summed E-state index contributed by atoms with van der Waals surface area (Å²) in [5, 5.41) is 29.6. The number of carbonyl (C=O) groups is 1. The average Bonchev–Trinajstić information content (AvgIpc) is 2.73. The Hall–Kier alpha value is -2.69. The third-order valence-electron chi connectivity index (χ3n) is 4.60.